The average molecular weight is 280 g/mol. The number of nitriles is 1. The molecule has 102 valence electrons. The Morgan fingerprint density at radius 2 is 1.85 bits per heavy atom. The van der Waals surface area contributed by atoms with Gasteiger partial charge in [-0.15, -0.1) is 5.10 Å². The topological polar surface area (TPSA) is 71.6 Å². The number of aryl methyl sites for hydroxylation is 1. The van der Waals surface area contributed by atoms with E-state index in [0.717, 1.165) is 16.8 Å². The summed E-state index contributed by atoms with van der Waals surface area (Å²) in [6, 6.07) is 5.74. The molecule has 5 nitrogen and oxygen atoms in total. The smallest absolute Gasteiger partial charge is 0.264 e. The summed E-state index contributed by atoms with van der Waals surface area (Å²) in [5, 5.41) is 12.5. The van der Waals surface area contributed by atoms with Crippen LogP contribution in [0.4, 0.5) is 13.2 Å². The number of rotatable bonds is 1. The lowest BCUT2D eigenvalue weighted by Crippen LogP contribution is -2.21. The van der Waals surface area contributed by atoms with Gasteiger partial charge in [-0.25, -0.2) is 4.68 Å². The van der Waals surface area contributed by atoms with Crippen LogP contribution >= 0.6 is 0 Å². The number of alkyl halides is 3. The zero-order valence-electron chi connectivity index (χ0n) is 10.1. The second kappa shape index (κ2) is 4.77. The largest absolute Gasteiger partial charge is 0.416 e. The lowest BCUT2D eigenvalue weighted by atomic mass is 10.2. The zero-order chi connectivity index (χ0) is 14.9. The number of hydrogen-bond donors (Lipinski definition) is 0. The van der Waals surface area contributed by atoms with Gasteiger partial charge in [-0.2, -0.15) is 23.4 Å². The highest BCUT2D eigenvalue weighted by molar-refractivity contribution is 5.35. The van der Waals surface area contributed by atoms with Crippen LogP contribution in [-0.4, -0.2) is 14.8 Å². The van der Waals surface area contributed by atoms with Gasteiger partial charge in [-0.3, -0.25) is 4.79 Å². The van der Waals surface area contributed by atoms with E-state index in [1.807, 2.05) is 0 Å². The van der Waals surface area contributed by atoms with Crippen LogP contribution in [0.1, 0.15) is 17.1 Å². The summed E-state index contributed by atoms with van der Waals surface area (Å²) in [5.41, 5.74) is -1.71. The van der Waals surface area contributed by atoms with E-state index in [9.17, 15) is 18.0 Å². The highest BCUT2D eigenvalue weighted by Gasteiger charge is 2.30. The van der Waals surface area contributed by atoms with Crippen LogP contribution in [0.2, 0.25) is 0 Å². The molecule has 1 heterocycles. The second-order valence-corrected chi connectivity index (χ2v) is 3.88. The average Bonchev–Trinajstić information content (AvgIpc) is 2.38. The van der Waals surface area contributed by atoms with Crippen LogP contribution in [0.3, 0.4) is 0 Å². The van der Waals surface area contributed by atoms with Gasteiger partial charge in [0, 0.05) is 0 Å². The maximum absolute atomic E-state index is 12.5. The van der Waals surface area contributed by atoms with E-state index in [0.29, 0.717) is 0 Å². The first-order chi connectivity index (χ1) is 9.32. The van der Waals surface area contributed by atoms with Crippen molar-refractivity contribution in [3.05, 3.63) is 51.7 Å². The van der Waals surface area contributed by atoms with Crippen LogP contribution in [0.25, 0.3) is 5.69 Å². The number of aromatic nitrogens is 3. The van der Waals surface area contributed by atoms with E-state index in [1.54, 1.807) is 6.07 Å². The summed E-state index contributed by atoms with van der Waals surface area (Å²) < 4.78 is 38.5. The third kappa shape index (κ3) is 2.51. The molecule has 1 aromatic heterocycles. The van der Waals surface area contributed by atoms with Crippen molar-refractivity contribution < 1.29 is 13.2 Å². The van der Waals surface area contributed by atoms with Gasteiger partial charge in [0.2, 0.25) is 5.69 Å². The monoisotopic (exact) mass is 280 g/mol. The summed E-state index contributed by atoms with van der Waals surface area (Å²) in [5.74, 6) is 0.175. The first-order valence-electron chi connectivity index (χ1n) is 5.38. The molecule has 8 heteroatoms. The summed E-state index contributed by atoms with van der Waals surface area (Å²) in [6.45, 7) is 1.47. The Balaban J connectivity index is 2.53. The maximum Gasteiger partial charge on any atom is 0.416 e. The lowest BCUT2D eigenvalue weighted by Gasteiger charge is -2.10. The minimum atomic E-state index is -4.43. The van der Waals surface area contributed by atoms with Crippen molar-refractivity contribution in [1.82, 2.24) is 14.8 Å². The number of halogens is 3. The van der Waals surface area contributed by atoms with Gasteiger partial charge in [0.1, 0.15) is 11.9 Å². The molecule has 0 saturated carbocycles. The van der Waals surface area contributed by atoms with Crippen LogP contribution in [-0.2, 0) is 6.18 Å². The quantitative estimate of drug-likeness (QED) is 0.798. The molecule has 0 bridgehead atoms. The van der Waals surface area contributed by atoms with Crippen LogP contribution < -0.4 is 5.56 Å². The molecule has 2 rings (SSSR count). The lowest BCUT2D eigenvalue weighted by molar-refractivity contribution is -0.137. The molecule has 0 aliphatic rings. The third-order valence-electron chi connectivity index (χ3n) is 2.52. The first-order valence-corrected chi connectivity index (χ1v) is 5.38. The van der Waals surface area contributed by atoms with Crippen LogP contribution in [0.5, 0.6) is 0 Å². The van der Waals surface area contributed by atoms with Gasteiger partial charge < -0.3 is 0 Å². The van der Waals surface area contributed by atoms with E-state index in [2.05, 4.69) is 10.1 Å². The number of benzene rings is 1. The van der Waals surface area contributed by atoms with Crippen LogP contribution in [0.15, 0.2) is 29.1 Å². The van der Waals surface area contributed by atoms with Gasteiger partial charge in [-0.05, 0) is 31.2 Å². The van der Waals surface area contributed by atoms with E-state index in [1.165, 1.54) is 19.1 Å². The van der Waals surface area contributed by atoms with E-state index in [4.69, 9.17) is 5.26 Å². The highest BCUT2D eigenvalue weighted by Crippen LogP contribution is 2.29. The summed E-state index contributed by atoms with van der Waals surface area (Å²) in [4.78, 5) is 14.9. The van der Waals surface area contributed by atoms with Gasteiger partial charge >= 0.3 is 11.7 Å². The van der Waals surface area contributed by atoms with Crippen molar-refractivity contribution in [2.24, 2.45) is 0 Å². The third-order valence-corrected chi connectivity index (χ3v) is 2.52. The molecule has 0 unspecified atom stereocenters. The van der Waals surface area contributed by atoms with E-state index < -0.39 is 23.0 Å². The summed E-state index contributed by atoms with van der Waals surface area (Å²) >= 11 is 0. The van der Waals surface area contributed by atoms with Gasteiger partial charge in [0.05, 0.1) is 11.3 Å². The second-order valence-electron chi connectivity index (χ2n) is 3.88. The Bertz CT molecular complexity index is 741. The Labute approximate surface area is 110 Å². The predicted octanol–water partition coefficient (Wildman–Crippen LogP) is 1.83. The highest BCUT2D eigenvalue weighted by atomic mass is 19.4. The van der Waals surface area contributed by atoms with E-state index >= 15 is 0 Å². The van der Waals surface area contributed by atoms with Crippen molar-refractivity contribution in [3.8, 4) is 11.8 Å². The molecule has 0 aliphatic carbocycles. The molecule has 0 amide bonds. The van der Waals surface area contributed by atoms with Gasteiger partial charge in [0.25, 0.3) is 0 Å². The Hall–Kier alpha value is -2.69. The molecule has 20 heavy (non-hydrogen) atoms. The van der Waals surface area contributed by atoms with Crippen LogP contribution in [0, 0.1) is 18.3 Å². The van der Waals surface area contributed by atoms with Crippen molar-refractivity contribution >= 4 is 0 Å². The number of nitrogens with zero attached hydrogens (tertiary/aromatic N) is 4. The molecule has 0 spiro atoms. The Morgan fingerprint density at radius 3 is 2.35 bits per heavy atom. The first kappa shape index (κ1) is 13.7. The SMILES string of the molecule is Cc1nc(=O)c(C#N)nn1-c1ccc(C(F)(F)F)cc1. The molecular weight excluding hydrogens is 273 g/mol. The zero-order valence-corrected chi connectivity index (χ0v) is 10.1. The van der Waals surface area contributed by atoms with Crippen molar-refractivity contribution in [1.29, 1.82) is 5.26 Å². The molecule has 0 saturated heterocycles. The normalized spacial score (nSPS) is 11.2. The maximum atomic E-state index is 12.5. The van der Waals surface area contributed by atoms with E-state index in [-0.39, 0.29) is 11.5 Å². The minimum absolute atomic E-state index is 0.175. The standard InChI is InChI=1S/C12H7F3N4O/c1-7-17-11(20)10(6-16)18-19(7)9-4-2-8(3-5-9)12(13,14)15/h2-5H,1H3. The fraction of sp³-hybridized carbons (Fsp3) is 0.167. The minimum Gasteiger partial charge on any atom is -0.264 e. The van der Waals surface area contributed by atoms with Crippen molar-refractivity contribution in [2.45, 2.75) is 13.1 Å². The van der Waals surface area contributed by atoms with Crippen molar-refractivity contribution in [3.63, 3.8) is 0 Å². The molecule has 0 radical (unpaired) electrons. The molecule has 2 aromatic rings. The van der Waals surface area contributed by atoms with Gasteiger partial charge in [0.15, 0.2) is 0 Å². The Morgan fingerprint density at radius 1 is 1.25 bits per heavy atom. The molecule has 0 atom stereocenters. The molecule has 0 fully saturated rings. The molecule has 0 aliphatic heterocycles. The summed E-state index contributed by atoms with van der Waals surface area (Å²) in [6.07, 6.45) is -4.43. The molecule has 1 aromatic carbocycles. The fourth-order valence-corrected chi connectivity index (χ4v) is 1.57. The fourth-order valence-electron chi connectivity index (χ4n) is 1.57. The van der Waals surface area contributed by atoms with Crippen molar-refractivity contribution in [2.75, 3.05) is 0 Å². The summed E-state index contributed by atoms with van der Waals surface area (Å²) in [7, 11) is 0. The Kier molecular flexibility index (Phi) is 3.28. The molecule has 0 N–H and O–H groups in total. The number of hydrogen-bond acceptors (Lipinski definition) is 4. The predicted molar refractivity (Wildman–Crippen MR) is 62.1 cm³/mol. The molecular formula is C12H7F3N4O. The van der Waals surface area contributed by atoms with Gasteiger partial charge in [-0.1, -0.05) is 0 Å².